The minimum absolute atomic E-state index is 0.0200. The molecule has 2 heterocycles. The standard InChI is InChI=1S/C16H18ClN3OS.C2HF3O2/c17-15-6-5-14(22-15)11-16(21)19-12-1-3-13(4-2-12)20-9-7-18-8-10-20;3-2(4,5)1(6)7/h1-6,18H,7-11H2,(H,19,21);(H,6,7). The Morgan fingerprint density at radius 3 is 2.21 bits per heavy atom. The number of alkyl halides is 3. The highest BCUT2D eigenvalue weighted by Crippen LogP contribution is 2.23. The Balaban J connectivity index is 0.000000370. The predicted octanol–water partition coefficient (Wildman–Crippen LogP) is 3.63. The normalized spacial score (nSPS) is 14.0. The van der Waals surface area contributed by atoms with Gasteiger partial charge in [-0.3, -0.25) is 4.79 Å². The molecule has 1 aromatic carbocycles. The molecule has 3 N–H and O–H groups in total. The van der Waals surface area contributed by atoms with Crippen molar-refractivity contribution in [1.82, 2.24) is 5.32 Å². The lowest BCUT2D eigenvalue weighted by Crippen LogP contribution is -2.43. The first kappa shape index (κ1) is 23.0. The summed E-state index contributed by atoms with van der Waals surface area (Å²) in [7, 11) is 0. The van der Waals surface area contributed by atoms with Crippen LogP contribution in [0, 0.1) is 0 Å². The molecule has 3 rings (SSSR count). The zero-order valence-electron chi connectivity index (χ0n) is 15.1. The van der Waals surface area contributed by atoms with Gasteiger partial charge in [-0.05, 0) is 36.4 Å². The smallest absolute Gasteiger partial charge is 0.475 e. The molecule has 1 amide bonds. The molecule has 29 heavy (non-hydrogen) atoms. The number of halogens is 4. The van der Waals surface area contributed by atoms with Crippen LogP contribution < -0.4 is 15.5 Å². The molecule has 0 atom stereocenters. The summed E-state index contributed by atoms with van der Waals surface area (Å²) < 4.78 is 32.4. The number of anilines is 2. The highest BCUT2D eigenvalue weighted by molar-refractivity contribution is 7.16. The van der Waals surface area contributed by atoms with Crippen molar-refractivity contribution in [3.8, 4) is 0 Å². The number of piperazine rings is 1. The van der Waals surface area contributed by atoms with E-state index in [1.165, 1.54) is 17.0 Å². The SMILES string of the molecule is O=C(Cc1ccc(Cl)s1)Nc1ccc(N2CCNCC2)cc1.O=C(O)C(F)(F)F. The second kappa shape index (κ2) is 10.5. The van der Waals surface area contributed by atoms with Gasteiger partial charge in [-0.1, -0.05) is 11.6 Å². The first-order valence-electron chi connectivity index (χ1n) is 8.55. The zero-order chi connectivity index (χ0) is 21.4. The number of benzene rings is 1. The Morgan fingerprint density at radius 2 is 1.72 bits per heavy atom. The molecule has 0 saturated carbocycles. The molecule has 0 unspecified atom stereocenters. The van der Waals surface area contributed by atoms with Crippen molar-refractivity contribution < 1.29 is 27.9 Å². The third-order valence-electron chi connectivity index (χ3n) is 3.84. The third kappa shape index (κ3) is 7.92. The number of thiophene rings is 1. The van der Waals surface area contributed by atoms with E-state index in [2.05, 4.69) is 27.7 Å². The average molecular weight is 450 g/mol. The number of nitrogens with zero attached hydrogens (tertiary/aromatic N) is 1. The van der Waals surface area contributed by atoms with Gasteiger partial charge in [0.25, 0.3) is 0 Å². The molecule has 1 aliphatic rings. The molecule has 1 aromatic heterocycles. The number of nitrogens with one attached hydrogen (secondary N) is 2. The molecule has 11 heteroatoms. The molecular weight excluding hydrogens is 431 g/mol. The number of amides is 1. The average Bonchev–Trinajstić information content (AvgIpc) is 3.07. The topological polar surface area (TPSA) is 81.7 Å². The molecule has 0 spiro atoms. The van der Waals surface area contributed by atoms with Gasteiger partial charge in [0.05, 0.1) is 10.8 Å². The summed E-state index contributed by atoms with van der Waals surface area (Å²) >= 11 is 7.31. The van der Waals surface area contributed by atoms with Gasteiger partial charge in [-0.15, -0.1) is 11.3 Å². The highest BCUT2D eigenvalue weighted by Gasteiger charge is 2.38. The lowest BCUT2D eigenvalue weighted by molar-refractivity contribution is -0.192. The number of carboxylic acids is 1. The number of aliphatic carboxylic acids is 1. The van der Waals surface area contributed by atoms with Crippen LogP contribution in [0.2, 0.25) is 4.34 Å². The summed E-state index contributed by atoms with van der Waals surface area (Å²) in [6, 6.07) is 11.7. The van der Waals surface area contributed by atoms with Crippen molar-refractivity contribution in [2.45, 2.75) is 12.6 Å². The Bertz CT molecular complexity index is 822. The molecule has 0 aliphatic carbocycles. The van der Waals surface area contributed by atoms with Gasteiger partial charge in [0.2, 0.25) is 5.91 Å². The van der Waals surface area contributed by atoms with E-state index in [1.807, 2.05) is 24.3 Å². The van der Waals surface area contributed by atoms with Crippen LogP contribution >= 0.6 is 22.9 Å². The summed E-state index contributed by atoms with van der Waals surface area (Å²) in [5.74, 6) is -2.78. The summed E-state index contributed by atoms with van der Waals surface area (Å²) in [5, 5.41) is 13.4. The van der Waals surface area contributed by atoms with Gasteiger partial charge in [0, 0.05) is 42.4 Å². The fraction of sp³-hybridized carbons (Fsp3) is 0.333. The monoisotopic (exact) mass is 449 g/mol. The van der Waals surface area contributed by atoms with Crippen LogP contribution in [-0.2, 0) is 16.0 Å². The van der Waals surface area contributed by atoms with E-state index < -0.39 is 12.1 Å². The fourth-order valence-electron chi connectivity index (χ4n) is 2.49. The van der Waals surface area contributed by atoms with Crippen molar-refractivity contribution in [3.05, 3.63) is 45.6 Å². The molecule has 1 aliphatic heterocycles. The molecule has 0 bridgehead atoms. The van der Waals surface area contributed by atoms with Crippen LogP contribution in [0.1, 0.15) is 4.88 Å². The molecule has 6 nitrogen and oxygen atoms in total. The van der Waals surface area contributed by atoms with Gasteiger partial charge in [-0.2, -0.15) is 13.2 Å². The van der Waals surface area contributed by atoms with Crippen LogP contribution in [0.15, 0.2) is 36.4 Å². The van der Waals surface area contributed by atoms with Crippen molar-refractivity contribution >= 4 is 46.2 Å². The van der Waals surface area contributed by atoms with Gasteiger partial charge < -0.3 is 20.6 Å². The van der Waals surface area contributed by atoms with E-state index in [0.717, 1.165) is 36.7 Å². The van der Waals surface area contributed by atoms with E-state index >= 15 is 0 Å². The number of carbonyl (C=O) groups excluding carboxylic acids is 1. The van der Waals surface area contributed by atoms with Crippen LogP contribution in [0.25, 0.3) is 0 Å². The number of rotatable bonds is 4. The van der Waals surface area contributed by atoms with Gasteiger partial charge in [0.15, 0.2) is 0 Å². The van der Waals surface area contributed by atoms with E-state index in [-0.39, 0.29) is 5.91 Å². The van der Waals surface area contributed by atoms with Crippen LogP contribution in [0.5, 0.6) is 0 Å². The number of hydrogen-bond acceptors (Lipinski definition) is 5. The second-order valence-electron chi connectivity index (χ2n) is 6.02. The number of carbonyl (C=O) groups is 2. The van der Waals surface area contributed by atoms with Crippen LogP contribution in [-0.4, -0.2) is 49.3 Å². The first-order chi connectivity index (χ1) is 13.6. The minimum Gasteiger partial charge on any atom is -0.475 e. The highest BCUT2D eigenvalue weighted by atomic mass is 35.5. The molecular formula is C18H19ClF3N3O3S. The Kier molecular flexibility index (Phi) is 8.30. The largest absolute Gasteiger partial charge is 0.490 e. The number of carboxylic acid groups (broad SMARTS) is 1. The first-order valence-corrected chi connectivity index (χ1v) is 9.74. The van der Waals surface area contributed by atoms with Gasteiger partial charge in [0.1, 0.15) is 0 Å². The summed E-state index contributed by atoms with van der Waals surface area (Å²) in [6.07, 6.45) is -4.73. The maximum atomic E-state index is 12.0. The van der Waals surface area contributed by atoms with Crippen LogP contribution in [0.4, 0.5) is 24.5 Å². The summed E-state index contributed by atoms with van der Waals surface area (Å²) in [4.78, 5) is 24.2. The predicted molar refractivity (Wildman–Crippen MR) is 107 cm³/mol. The maximum absolute atomic E-state index is 12.0. The lowest BCUT2D eigenvalue weighted by atomic mass is 10.2. The van der Waals surface area contributed by atoms with E-state index in [1.54, 1.807) is 0 Å². The van der Waals surface area contributed by atoms with Crippen molar-refractivity contribution in [3.63, 3.8) is 0 Å². The number of hydrogen-bond donors (Lipinski definition) is 3. The third-order valence-corrected chi connectivity index (χ3v) is 5.07. The van der Waals surface area contributed by atoms with E-state index in [0.29, 0.717) is 10.8 Å². The summed E-state index contributed by atoms with van der Waals surface area (Å²) in [6.45, 7) is 4.07. The van der Waals surface area contributed by atoms with Gasteiger partial charge in [-0.25, -0.2) is 4.79 Å². The van der Waals surface area contributed by atoms with Crippen molar-refractivity contribution in [1.29, 1.82) is 0 Å². The molecule has 1 saturated heterocycles. The lowest BCUT2D eigenvalue weighted by Gasteiger charge is -2.29. The minimum atomic E-state index is -5.08. The maximum Gasteiger partial charge on any atom is 0.490 e. The van der Waals surface area contributed by atoms with E-state index in [9.17, 15) is 18.0 Å². The molecule has 2 aromatic rings. The van der Waals surface area contributed by atoms with Crippen molar-refractivity contribution in [2.75, 3.05) is 36.4 Å². The Hall–Kier alpha value is -2.30. The van der Waals surface area contributed by atoms with E-state index in [4.69, 9.17) is 21.5 Å². The quantitative estimate of drug-likeness (QED) is 0.664. The Morgan fingerprint density at radius 1 is 1.14 bits per heavy atom. The fourth-order valence-corrected chi connectivity index (χ4v) is 3.57. The Labute approximate surface area is 174 Å². The molecule has 158 valence electrons. The van der Waals surface area contributed by atoms with Crippen molar-refractivity contribution in [2.24, 2.45) is 0 Å². The molecule has 0 radical (unpaired) electrons. The molecule has 1 fully saturated rings. The summed E-state index contributed by atoms with van der Waals surface area (Å²) in [5.41, 5.74) is 2.02. The van der Waals surface area contributed by atoms with Crippen LogP contribution in [0.3, 0.4) is 0 Å². The zero-order valence-corrected chi connectivity index (χ0v) is 16.7. The van der Waals surface area contributed by atoms with Gasteiger partial charge >= 0.3 is 12.1 Å². The second-order valence-corrected chi connectivity index (χ2v) is 7.82.